The van der Waals surface area contributed by atoms with Crippen LogP contribution in [0.4, 0.5) is 0 Å². The number of aromatic carboxylic acids is 1. The number of carbonyl (C=O) groups is 2. The number of aromatic nitrogens is 1. The Morgan fingerprint density at radius 3 is 2.54 bits per heavy atom. The Labute approximate surface area is 188 Å². The van der Waals surface area contributed by atoms with Gasteiger partial charge in [0.25, 0.3) is 0 Å². The van der Waals surface area contributed by atoms with Crippen LogP contribution in [-0.2, 0) is 5.75 Å². The fourth-order valence-corrected chi connectivity index (χ4v) is 5.51. The van der Waals surface area contributed by atoms with E-state index in [-0.39, 0.29) is 22.5 Å². The van der Waals surface area contributed by atoms with Gasteiger partial charge in [0, 0.05) is 0 Å². The molecular formula is C20H15AsBrClNO3S. The SMILES string of the molecule is Cl.O=C([As]c1ccc(Br)cc1C(=O)O)c1cccc(SCc2ccncc2)c1. The first-order valence-electron chi connectivity index (χ1n) is 7.93. The molecule has 0 amide bonds. The molecule has 3 rings (SSSR count). The summed E-state index contributed by atoms with van der Waals surface area (Å²) < 4.78 is 1.27. The van der Waals surface area contributed by atoms with Crippen molar-refractivity contribution in [3.63, 3.8) is 0 Å². The second-order valence-corrected chi connectivity index (χ2v) is 9.85. The quantitative estimate of drug-likeness (QED) is 0.356. The third kappa shape index (κ3) is 6.21. The zero-order valence-electron chi connectivity index (χ0n) is 14.4. The number of hydrogen-bond donors (Lipinski definition) is 1. The summed E-state index contributed by atoms with van der Waals surface area (Å²) in [5, 5.41) is 9.37. The van der Waals surface area contributed by atoms with E-state index < -0.39 is 21.7 Å². The van der Waals surface area contributed by atoms with E-state index in [9.17, 15) is 14.7 Å². The average Bonchev–Trinajstić information content (AvgIpc) is 2.68. The number of halogens is 2. The number of carbonyl (C=O) groups excluding carboxylic acids is 1. The van der Waals surface area contributed by atoms with Crippen molar-refractivity contribution >= 4 is 70.7 Å². The van der Waals surface area contributed by atoms with E-state index >= 15 is 0 Å². The zero-order valence-corrected chi connectivity index (χ0v) is 19.5. The molecule has 0 aliphatic rings. The van der Waals surface area contributed by atoms with Gasteiger partial charge in [-0.25, -0.2) is 0 Å². The van der Waals surface area contributed by atoms with Crippen molar-refractivity contribution in [2.45, 2.75) is 10.6 Å². The first-order valence-corrected chi connectivity index (χ1v) is 11.6. The van der Waals surface area contributed by atoms with Gasteiger partial charge in [-0.15, -0.1) is 12.4 Å². The Morgan fingerprint density at radius 1 is 1.07 bits per heavy atom. The number of rotatable bonds is 7. The Kier molecular flexibility index (Phi) is 8.77. The van der Waals surface area contributed by atoms with Crippen molar-refractivity contribution in [3.8, 4) is 0 Å². The monoisotopic (exact) mass is 538 g/mol. The molecule has 0 fully saturated rings. The number of thioether (sulfide) groups is 1. The van der Waals surface area contributed by atoms with Gasteiger partial charge in [-0.2, -0.15) is 0 Å². The van der Waals surface area contributed by atoms with Gasteiger partial charge in [-0.1, -0.05) is 0 Å². The third-order valence-corrected chi connectivity index (χ3v) is 7.50. The van der Waals surface area contributed by atoms with E-state index in [1.165, 1.54) is 5.56 Å². The van der Waals surface area contributed by atoms with Crippen LogP contribution in [0, 0.1) is 0 Å². The van der Waals surface area contributed by atoms with Crippen LogP contribution in [0.15, 0.2) is 76.4 Å². The molecule has 1 radical (unpaired) electrons. The van der Waals surface area contributed by atoms with E-state index in [1.807, 2.05) is 30.3 Å². The standard InChI is InChI=1S/C20H14AsBrNO3S.ClH/c22-15-4-5-18(17(11-15)20(25)26)21-19(24)14-2-1-3-16(10-14)27-12-13-6-8-23-9-7-13;/h1-11H,12H2,(H,25,26);1H. The van der Waals surface area contributed by atoms with E-state index in [2.05, 4.69) is 20.9 Å². The van der Waals surface area contributed by atoms with Gasteiger partial charge in [-0.3, -0.25) is 0 Å². The summed E-state index contributed by atoms with van der Waals surface area (Å²) in [5.74, 6) is -0.222. The number of carboxylic acids is 1. The molecule has 0 spiro atoms. The van der Waals surface area contributed by atoms with Gasteiger partial charge >= 0.3 is 177 Å². The van der Waals surface area contributed by atoms with E-state index in [0.29, 0.717) is 14.4 Å². The first-order chi connectivity index (χ1) is 13.0. The molecule has 0 aliphatic heterocycles. The third-order valence-electron chi connectivity index (χ3n) is 3.65. The molecular weight excluding hydrogens is 525 g/mol. The Morgan fingerprint density at radius 2 is 1.82 bits per heavy atom. The van der Waals surface area contributed by atoms with Crippen LogP contribution in [0.3, 0.4) is 0 Å². The second-order valence-electron chi connectivity index (χ2n) is 5.56. The summed E-state index contributed by atoms with van der Waals surface area (Å²) in [5.41, 5.74) is 1.97. The normalized spacial score (nSPS) is 10.6. The first kappa shape index (κ1) is 22.7. The summed E-state index contributed by atoms with van der Waals surface area (Å²) in [4.78, 5) is 29.2. The zero-order chi connectivity index (χ0) is 19.2. The van der Waals surface area contributed by atoms with Crippen LogP contribution >= 0.6 is 40.1 Å². The minimum atomic E-state index is -1.02. The van der Waals surface area contributed by atoms with Crippen molar-refractivity contribution in [2.24, 2.45) is 0 Å². The molecule has 1 heterocycles. The predicted octanol–water partition coefficient (Wildman–Crippen LogP) is 4.43. The van der Waals surface area contributed by atoms with Crippen molar-refractivity contribution in [1.82, 2.24) is 4.98 Å². The fourth-order valence-electron chi connectivity index (χ4n) is 2.32. The van der Waals surface area contributed by atoms with Crippen LogP contribution in [0.2, 0.25) is 0 Å². The molecule has 0 saturated heterocycles. The van der Waals surface area contributed by atoms with Crippen molar-refractivity contribution in [3.05, 3.63) is 88.2 Å². The molecule has 0 unspecified atom stereocenters. The van der Waals surface area contributed by atoms with Crippen LogP contribution in [0.25, 0.3) is 0 Å². The summed E-state index contributed by atoms with van der Waals surface area (Å²) in [7, 11) is 0. The molecule has 8 heteroatoms. The Hall–Kier alpha value is -1.59. The average molecular weight is 540 g/mol. The molecule has 0 bridgehead atoms. The van der Waals surface area contributed by atoms with Crippen molar-refractivity contribution in [2.75, 3.05) is 0 Å². The molecule has 143 valence electrons. The summed E-state index contributed by atoms with van der Waals surface area (Å²) in [6.45, 7) is 0. The Balaban J connectivity index is 0.00000280. The molecule has 0 saturated carbocycles. The number of nitrogens with zero attached hydrogens (tertiary/aromatic N) is 1. The molecule has 0 atom stereocenters. The molecule has 1 aromatic heterocycles. The Bertz CT molecular complexity index is 988. The second kappa shape index (κ2) is 10.8. The molecule has 2 aromatic carbocycles. The fraction of sp³-hybridized carbons (Fsp3) is 0.0500. The van der Waals surface area contributed by atoms with Gasteiger partial charge < -0.3 is 0 Å². The molecule has 3 aromatic rings. The number of pyridine rings is 1. The van der Waals surface area contributed by atoms with Gasteiger partial charge in [0.05, 0.1) is 0 Å². The minimum absolute atomic E-state index is 0. The summed E-state index contributed by atoms with van der Waals surface area (Å²) in [6.07, 6.45) is 3.52. The summed E-state index contributed by atoms with van der Waals surface area (Å²) in [6, 6.07) is 16.5. The van der Waals surface area contributed by atoms with Crippen LogP contribution in [-0.4, -0.2) is 36.4 Å². The van der Waals surface area contributed by atoms with Gasteiger partial charge in [0.15, 0.2) is 0 Å². The number of benzene rings is 2. The van der Waals surface area contributed by atoms with E-state index in [1.54, 1.807) is 48.4 Å². The molecule has 4 nitrogen and oxygen atoms in total. The van der Waals surface area contributed by atoms with Gasteiger partial charge in [-0.05, 0) is 0 Å². The predicted molar refractivity (Wildman–Crippen MR) is 118 cm³/mol. The van der Waals surface area contributed by atoms with E-state index in [4.69, 9.17) is 0 Å². The summed E-state index contributed by atoms with van der Waals surface area (Å²) >= 11 is 3.99. The van der Waals surface area contributed by atoms with Crippen LogP contribution < -0.4 is 4.35 Å². The maximum absolute atomic E-state index is 12.7. The maximum atomic E-state index is 12.7. The molecule has 0 aliphatic carbocycles. The number of carboxylic acid groups (broad SMARTS) is 1. The number of hydrogen-bond acceptors (Lipinski definition) is 4. The van der Waals surface area contributed by atoms with E-state index in [0.717, 1.165) is 10.6 Å². The van der Waals surface area contributed by atoms with Crippen molar-refractivity contribution < 1.29 is 14.7 Å². The van der Waals surface area contributed by atoms with Gasteiger partial charge in [0.2, 0.25) is 0 Å². The molecule has 1 N–H and O–H groups in total. The van der Waals surface area contributed by atoms with Crippen molar-refractivity contribution in [1.29, 1.82) is 0 Å². The molecule has 28 heavy (non-hydrogen) atoms. The van der Waals surface area contributed by atoms with Gasteiger partial charge in [0.1, 0.15) is 0 Å². The van der Waals surface area contributed by atoms with Crippen LogP contribution in [0.1, 0.15) is 26.3 Å². The topological polar surface area (TPSA) is 67.3 Å². The van der Waals surface area contributed by atoms with Crippen LogP contribution in [0.5, 0.6) is 0 Å².